The molecular formula is C24H52O6. The van der Waals surface area contributed by atoms with Gasteiger partial charge in [-0.3, -0.25) is 0 Å². The van der Waals surface area contributed by atoms with Gasteiger partial charge < -0.3 is 28.4 Å². The molecule has 0 heterocycles. The fourth-order valence-corrected chi connectivity index (χ4v) is 1.70. The second kappa shape index (κ2) is 15.5. The van der Waals surface area contributed by atoms with E-state index in [9.17, 15) is 0 Å². The molecule has 0 fully saturated rings. The molecule has 0 saturated carbocycles. The van der Waals surface area contributed by atoms with Gasteiger partial charge in [0.25, 0.3) is 0 Å². The lowest BCUT2D eigenvalue weighted by Gasteiger charge is -2.20. The molecule has 6 nitrogen and oxygen atoms in total. The molecule has 0 radical (unpaired) electrons. The molecule has 6 heteroatoms. The standard InChI is InChI=1S/C13H28O2.C11H24O4/c1-12(2,3)14-10-8-7-9-11-15-13(4,5)6;1-10(2,3)14-8-12-7-13-9-15-11(4,5)6/h7-11H2,1-6H3;7-9H2,1-6H3. The van der Waals surface area contributed by atoms with E-state index < -0.39 is 0 Å². The van der Waals surface area contributed by atoms with Crippen molar-refractivity contribution in [2.45, 2.75) is 125 Å². The van der Waals surface area contributed by atoms with Gasteiger partial charge in [-0.05, 0) is 102 Å². The number of unbranched alkanes of at least 4 members (excludes halogenated alkanes) is 2. The molecule has 0 saturated heterocycles. The van der Waals surface area contributed by atoms with Crippen LogP contribution >= 0.6 is 0 Å². The fraction of sp³-hybridized carbons (Fsp3) is 1.00. The Labute approximate surface area is 187 Å². The van der Waals surface area contributed by atoms with Crippen LogP contribution in [0.2, 0.25) is 0 Å². The van der Waals surface area contributed by atoms with Crippen molar-refractivity contribution in [3.8, 4) is 0 Å². The van der Waals surface area contributed by atoms with Crippen LogP contribution in [0.15, 0.2) is 0 Å². The monoisotopic (exact) mass is 436 g/mol. The second-order valence-corrected chi connectivity index (χ2v) is 11.3. The third-order valence-corrected chi connectivity index (χ3v) is 3.18. The highest BCUT2D eigenvalue weighted by molar-refractivity contribution is 4.60. The molecule has 0 aromatic carbocycles. The highest BCUT2D eigenvalue weighted by Gasteiger charge is 2.11. The Balaban J connectivity index is 0. The Morgan fingerprint density at radius 2 is 0.667 bits per heavy atom. The third-order valence-electron chi connectivity index (χ3n) is 3.18. The quantitative estimate of drug-likeness (QED) is 0.264. The van der Waals surface area contributed by atoms with Crippen LogP contribution in [0.4, 0.5) is 0 Å². The van der Waals surface area contributed by atoms with Crippen molar-refractivity contribution in [2.24, 2.45) is 0 Å². The zero-order valence-corrected chi connectivity index (χ0v) is 22.1. The Hall–Kier alpha value is -0.240. The van der Waals surface area contributed by atoms with Gasteiger partial charge in [0.15, 0.2) is 6.79 Å². The molecule has 0 bridgehead atoms. The normalized spacial score (nSPS) is 13.2. The average Bonchev–Trinajstić information content (AvgIpc) is 2.49. The molecule has 0 atom stereocenters. The molecule has 0 spiro atoms. The van der Waals surface area contributed by atoms with Crippen LogP contribution in [0.3, 0.4) is 0 Å². The predicted octanol–water partition coefficient (Wildman–Crippen LogP) is 6.31. The van der Waals surface area contributed by atoms with Crippen LogP contribution in [-0.4, -0.2) is 56.0 Å². The summed E-state index contributed by atoms with van der Waals surface area (Å²) < 4.78 is 32.1. The molecule has 0 rings (SSSR count). The van der Waals surface area contributed by atoms with E-state index in [1.165, 1.54) is 6.42 Å². The highest BCUT2D eigenvalue weighted by Crippen LogP contribution is 2.11. The SMILES string of the molecule is CC(C)(C)OCCCCCOC(C)(C)C.CC(C)(C)OCOCOCOC(C)(C)C. The van der Waals surface area contributed by atoms with E-state index in [0.29, 0.717) is 0 Å². The second-order valence-electron chi connectivity index (χ2n) is 11.3. The van der Waals surface area contributed by atoms with E-state index in [-0.39, 0.29) is 42.8 Å². The molecule has 0 N–H and O–H groups in total. The Morgan fingerprint density at radius 1 is 0.367 bits per heavy atom. The molecule has 30 heavy (non-hydrogen) atoms. The first-order valence-corrected chi connectivity index (χ1v) is 11.1. The van der Waals surface area contributed by atoms with Crippen molar-refractivity contribution < 1.29 is 28.4 Å². The summed E-state index contributed by atoms with van der Waals surface area (Å²) in [6.45, 7) is 26.8. The molecule has 0 amide bonds. The van der Waals surface area contributed by atoms with Crippen molar-refractivity contribution in [3.63, 3.8) is 0 Å². The lowest BCUT2D eigenvalue weighted by molar-refractivity contribution is -0.206. The van der Waals surface area contributed by atoms with Gasteiger partial charge in [0.05, 0.1) is 22.4 Å². The maximum absolute atomic E-state index is 5.64. The van der Waals surface area contributed by atoms with Gasteiger partial charge in [-0.2, -0.15) is 0 Å². The predicted molar refractivity (Wildman–Crippen MR) is 124 cm³/mol. The summed E-state index contributed by atoms with van der Waals surface area (Å²) in [5.74, 6) is 0. The molecule has 0 aliphatic rings. The van der Waals surface area contributed by atoms with Gasteiger partial charge in [-0.15, -0.1) is 0 Å². The number of hydrogen-bond acceptors (Lipinski definition) is 6. The van der Waals surface area contributed by atoms with Crippen molar-refractivity contribution in [2.75, 3.05) is 33.6 Å². The van der Waals surface area contributed by atoms with E-state index in [1.54, 1.807) is 0 Å². The number of hydrogen-bond donors (Lipinski definition) is 0. The molecule has 0 aromatic rings. The summed E-state index contributed by atoms with van der Waals surface area (Å²) in [7, 11) is 0. The summed E-state index contributed by atoms with van der Waals surface area (Å²) >= 11 is 0. The lowest BCUT2D eigenvalue weighted by Crippen LogP contribution is -2.23. The van der Waals surface area contributed by atoms with Gasteiger partial charge in [0, 0.05) is 13.2 Å². The minimum absolute atomic E-state index is 0.00189. The average molecular weight is 437 g/mol. The smallest absolute Gasteiger partial charge is 0.152 e. The Morgan fingerprint density at radius 3 is 0.933 bits per heavy atom. The molecule has 0 unspecified atom stereocenters. The summed E-state index contributed by atoms with van der Waals surface area (Å²) in [5.41, 5.74) is -0.354. The van der Waals surface area contributed by atoms with Gasteiger partial charge >= 0.3 is 0 Å². The maximum atomic E-state index is 5.64. The summed E-state index contributed by atoms with van der Waals surface area (Å²) in [6, 6.07) is 0. The molecule has 0 aliphatic carbocycles. The van der Waals surface area contributed by atoms with Crippen LogP contribution in [-0.2, 0) is 28.4 Å². The lowest BCUT2D eigenvalue weighted by atomic mass is 10.2. The van der Waals surface area contributed by atoms with Crippen LogP contribution in [0, 0.1) is 0 Å². The summed E-state index contributed by atoms with van der Waals surface area (Å²) in [5, 5.41) is 0. The fourth-order valence-electron chi connectivity index (χ4n) is 1.70. The van der Waals surface area contributed by atoms with Gasteiger partial charge in [0.2, 0.25) is 0 Å². The summed E-state index contributed by atoms with van der Waals surface area (Å²) in [4.78, 5) is 0. The maximum Gasteiger partial charge on any atom is 0.152 e. The topological polar surface area (TPSA) is 55.4 Å². The van der Waals surface area contributed by atoms with Crippen molar-refractivity contribution >= 4 is 0 Å². The van der Waals surface area contributed by atoms with Crippen LogP contribution < -0.4 is 0 Å². The number of ether oxygens (including phenoxy) is 6. The third kappa shape index (κ3) is 35.2. The van der Waals surface area contributed by atoms with E-state index in [4.69, 9.17) is 28.4 Å². The first-order valence-electron chi connectivity index (χ1n) is 11.1. The largest absolute Gasteiger partial charge is 0.376 e. The molecule has 0 aromatic heterocycles. The van der Waals surface area contributed by atoms with E-state index in [0.717, 1.165) is 26.1 Å². The van der Waals surface area contributed by atoms with Crippen molar-refractivity contribution in [1.29, 1.82) is 0 Å². The van der Waals surface area contributed by atoms with E-state index in [1.807, 2.05) is 41.5 Å². The Kier molecular flexibility index (Phi) is 16.6. The van der Waals surface area contributed by atoms with E-state index in [2.05, 4.69) is 41.5 Å². The van der Waals surface area contributed by atoms with Crippen LogP contribution in [0.5, 0.6) is 0 Å². The first-order chi connectivity index (χ1) is 13.4. The van der Waals surface area contributed by atoms with Crippen molar-refractivity contribution in [3.05, 3.63) is 0 Å². The van der Waals surface area contributed by atoms with Crippen molar-refractivity contribution in [1.82, 2.24) is 0 Å². The van der Waals surface area contributed by atoms with Gasteiger partial charge in [-0.25, -0.2) is 0 Å². The minimum Gasteiger partial charge on any atom is -0.376 e. The first kappa shape index (κ1) is 31.9. The van der Waals surface area contributed by atoms with Gasteiger partial charge in [0.1, 0.15) is 13.6 Å². The van der Waals surface area contributed by atoms with E-state index >= 15 is 0 Å². The number of rotatable bonds is 12. The summed E-state index contributed by atoms with van der Waals surface area (Å²) in [6.07, 6.45) is 3.45. The van der Waals surface area contributed by atoms with Gasteiger partial charge in [-0.1, -0.05) is 0 Å². The zero-order chi connectivity index (χ0) is 23.9. The zero-order valence-electron chi connectivity index (χ0n) is 22.1. The van der Waals surface area contributed by atoms with Crippen LogP contribution in [0.25, 0.3) is 0 Å². The molecule has 0 aliphatic heterocycles. The Bertz CT molecular complexity index is 308. The minimum atomic E-state index is -0.179. The highest BCUT2D eigenvalue weighted by atomic mass is 16.8. The van der Waals surface area contributed by atoms with Crippen LogP contribution in [0.1, 0.15) is 102 Å². The molecule has 184 valence electrons. The molecular weight excluding hydrogens is 384 g/mol.